The summed E-state index contributed by atoms with van der Waals surface area (Å²) < 4.78 is 7.40. The van der Waals surface area contributed by atoms with Gasteiger partial charge in [0, 0.05) is 25.4 Å². The Kier molecular flexibility index (Phi) is 5.62. The molecule has 20 heavy (non-hydrogen) atoms. The predicted octanol–water partition coefficient (Wildman–Crippen LogP) is 2.42. The molecule has 2 aromatic rings. The molecule has 0 aliphatic rings. The van der Waals surface area contributed by atoms with Crippen molar-refractivity contribution in [2.24, 2.45) is 5.73 Å². The molecule has 1 aromatic carbocycles. The molecule has 2 rings (SSSR count). The van der Waals surface area contributed by atoms with Crippen molar-refractivity contribution in [3.63, 3.8) is 0 Å². The van der Waals surface area contributed by atoms with Crippen LogP contribution in [0.25, 0.3) is 0 Å². The highest BCUT2D eigenvalue weighted by Gasteiger charge is 2.03. The maximum absolute atomic E-state index is 5.53. The Morgan fingerprint density at radius 1 is 1.15 bits per heavy atom. The second-order valence-electron chi connectivity index (χ2n) is 4.88. The number of methoxy groups -OCH3 is 1. The molecule has 1 heterocycles. The number of nitrogens with two attached hydrogens (primary N) is 1. The number of benzene rings is 1. The zero-order valence-corrected chi connectivity index (χ0v) is 12.1. The van der Waals surface area contributed by atoms with Crippen molar-refractivity contribution in [1.82, 2.24) is 9.55 Å². The van der Waals surface area contributed by atoms with Crippen molar-refractivity contribution in [1.29, 1.82) is 0 Å². The molecule has 4 nitrogen and oxygen atoms in total. The molecule has 108 valence electrons. The Labute approximate surface area is 120 Å². The van der Waals surface area contributed by atoms with Gasteiger partial charge in [-0.3, -0.25) is 0 Å². The molecule has 0 saturated carbocycles. The maximum Gasteiger partial charge on any atom is 0.118 e. The second kappa shape index (κ2) is 7.70. The Hall–Kier alpha value is -1.81. The van der Waals surface area contributed by atoms with Gasteiger partial charge in [0.2, 0.25) is 0 Å². The van der Waals surface area contributed by atoms with Crippen LogP contribution in [0.2, 0.25) is 0 Å². The van der Waals surface area contributed by atoms with Crippen LogP contribution in [0, 0.1) is 0 Å². The van der Waals surface area contributed by atoms with Gasteiger partial charge < -0.3 is 15.0 Å². The van der Waals surface area contributed by atoms with Gasteiger partial charge in [-0.25, -0.2) is 4.98 Å². The minimum atomic E-state index is 0.760. The number of hydrogen-bond donors (Lipinski definition) is 1. The Bertz CT molecular complexity index is 505. The SMILES string of the molecule is COc1ccc(CCc2nccn2CCCCN)cc1. The zero-order chi connectivity index (χ0) is 14.2. The van der Waals surface area contributed by atoms with Gasteiger partial charge in [0.25, 0.3) is 0 Å². The number of rotatable bonds is 8. The fourth-order valence-electron chi connectivity index (χ4n) is 2.25. The van der Waals surface area contributed by atoms with Crippen LogP contribution in [0.3, 0.4) is 0 Å². The lowest BCUT2D eigenvalue weighted by atomic mass is 10.1. The lowest BCUT2D eigenvalue weighted by molar-refractivity contribution is 0.414. The fourth-order valence-corrected chi connectivity index (χ4v) is 2.25. The standard InChI is InChI=1S/C16H23N3O/c1-20-15-7-4-14(5-8-15)6-9-16-18-11-13-19(16)12-3-2-10-17/h4-5,7-8,11,13H,2-3,6,9-10,12,17H2,1H3. The van der Waals surface area contributed by atoms with Crippen LogP contribution < -0.4 is 10.5 Å². The summed E-state index contributed by atoms with van der Waals surface area (Å²) >= 11 is 0. The highest BCUT2D eigenvalue weighted by Crippen LogP contribution is 2.13. The van der Waals surface area contributed by atoms with Crippen LogP contribution >= 0.6 is 0 Å². The summed E-state index contributed by atoms with van der Waals surface area (Å²) in [4.78, 5) is 4.45. The topological polar surface area (TPSA) is 53.1 Å². The van der Waals surface area contributed by atoms with Crippen molar-refractivity contribution in [2.75, 3.05) is 13.7 Å². The van der Waals surface area contributed by atoms with Gasteiger partial charge in [-0.05, 0) is 43.5 Å². The highest BCUT2D eigenvalue weighted by molar-refractivity contribution is 5.27. The number of hydrogen-bond acceptors (Lipinski definition) is 3. The minimum Gasteiger partial charge on any atom is -0.497 e. The third-order valence-corrected chi connectivity index (χ3v) is 3.45. The van der Waals surface area contributed by atoms with E-state index in [4.69, 9.17) is 10.5 Å². The molecule has 0 fully saturated rings. The molecule has 2 N–H and O–H groups in total. The highest BCUT2D eigenvalue weighted by atomic mass is 16.5. The van der Waals surface area contributed by atoms with E-state index in [1.807, 2.05) is 18.3 Å². The maximum atomic E-state index is 5.53. The Balaban J connectivity index is 1.88. The average molecular weight is 273 g/mol. The first kappa shape index (κ1) is 14.6. The molecule has 0 bridgehead atoms. The van der Waals surface area contributed by atoms with Gasteiger partial charge in [-0.1, -0.05) is 12.1 Å². The van der Waals surface area contributed by atoms with Crippen molar-refractivity contribution < 1.29 is 4.74 Å². The molecule has 0 aliphatic heterocycles. The van der Waals surface area contributed by atoms with Gasteiger partial charge in [0.1, 0.15) is 11.6 Å². The average Bonchev–Trinajstić information content (AvgIpc) is 2.93. The van der Waals surface area contributed by atoms with Crippen molar-refractivity contribution in [2.45, 2.75) is 32.2 Å². The van der Waals surface area contributed by atoms with Gasteiger partial charge in [-0.15, -0.1) is 0 Å². The van der Waals surface area contributed by atoms with E-state index in [1.165, 1.54) is 5.56 Å². The zero-order valence-electron chi connectivity index (χ0n) is 12.1. The molecule has 4 heteroatoms. The molecular formula is C16H23N3O. The summed E-state index contributed by atoms with van der Waals surface area (Å²) in [6.45, 7) is 1.77. The molecule has 0 atom stereocenters. The van der Waals surface area contributed by atoms with Crippen LogP contribution in [-0.2, 0) is 19.4 Å². The molecule has 0 aliphatic carbocycles. The molecule has 0 spiro atoms. The van der Waals surface area contributed by atoms with Gasteiger partial charge >= 0.3 is 0 Å². The van der Waals surface area contributed by atoms with Crippen molar-refractivity contribution in [3.05, 3.63) is 48.0 Å². The van der Waals surface area contributed by atoms with Crippen LogP contribution in [0.4, 0.5) is 0 Å². The van der Waals surface area contributed by atoms with E-state index in [0.717, 1.165) is 50.3 Å². The van der Waals surface area contributed by atoms with E-state index in [2.05, 4.69) is 27.9 Å². The van der Waals surface area contributed by atoms with E-state index < -0.39 is 0 Å². The smallest absolute Gasteiger partial charge is 0.118 e. The number of aromatic nitrogens is 2. The summed E-state index contributed by atoms with van der Waals surface area (Å²) in [5, 5.41) is 0. The first-order chi connectivity index (χ1) is 9.83. The van der Waals surface area contributed by atoms with Gasteiger partial charge in [0.05, 0.1) is 7.11 Å². The lowest BCUT2D eigenvalue weighted by Gasteiger charge is -2.08. The van der Waals surface area contributed by atoms with Crippen molar-refractivity contribution >= 4 is 0 Å². The van der Waals surface area contributed by atoms with E-state index in [0.29, 0.717) is 0 Å². The van der Waals surface area contributed by atoms with Crippen LogP contribution in [0.5, 0.6) is 5.75 Å². The third kappa shape index (κ3) is 4.10. The largest absolute Gasteiger partial charge is 0.497 e. The second-order valence-corrected chi connectivity index (χ2v) is 4.88. The van der Waals surface area contributed by atoms with E-state index in [9.17, 15) is 0 Å². The van der Waals surface area contributed by atoms with Crippen LogP contribution in [0.1, 0.15) is 24.2 Å². The molecule has 1 aromatic heterocycles. The van der Waals surface area contributed by atoms with Crippen molar-refractivity contribution in [3.8, 4) is 5.75 Å². The summed E-state index contributed by atoms with van der Waals surface area (Å²) in [5.41, 5.74) is 6.84. The normalized spacial score (nSPS) is 10.7. The molecule has 0 unspecified atom stereocenters. The molecular weight excluding hydrogens is 250 g/mol. The Morgan fingerprint density at radius 2 is 1.95 bits per heavy atom. The van der Waals surface area contributed by atoms with Gasteiger partial charge in [-0.2, -0.15) is 0 Å². The van der Waals surface area contributed by atoms with E-state index in [-0.39, 0.29) is 0 Å². The monoisotopic (exact) mass is 273 g/mol. The first-order valence-electron chi connectivity index (χ1n) is 7.16. The number of nitrogens with zero attached hydrogens (tertiary/aromatic N) is 2. The summed E-state index contributed by atoms with van der Waals surface area (Å²) in [6, 6.07) is 8.23. The van der Waals surface area contributed by atoms with E-state index in [1.54, 1.807) is 7.11 Å². The van der Waals surface area contributed by atoms with Crippen LogP contribution in [0.15, 0.2) is 36.7 Å². The van der Waals surface area contributed by atoms with Gasteiger partial charge in [0.15, 0.2) is 0 Å². The lowest BCUT2D eigenvalue weighted by Crippen LogP contribution is -2.07. The summed E-state index contributed by atoms with van der Waals surface area (Å²) in [7, 11) is 1.69. The Morgan fingerprint density at radius 3 is 2.65 bits per heavy atom. The quantitative estimate of drug-likeness (QED) is 0.751. The molecule has 0 saturated heterocycles. The number of imidazole rings is 1. The number of aryl methyl sites for hydroxylation is 3. The minimum absolute atomic E-state index is 0.760. The molecule has 0 amide bonds. The van der Waals surface area contributed by atoms with E-state index >= 15 is 0 Å². The number of ether oxygens (including phenoxy) is 1. The third-order valence-electron chi connectivity index (χ3n) is 3.45. The fraction of sp³-hybridized carbons (Fsp3) is 0.438. The first-order valence-corrected chi connectivity index (χ1v) is 7.16. The summed E-state index contributed by atoms with van der Waals surface area (Å²) in [6.07, 6.45) is 8.07. The molecule has 0 radical (unpaired) electrons. The van der Waals surface area contributed by atoms with Crippen LogP contribution in [-0.4, -0.2) is 23.2 Å². The predicted molar refractivity (Wildman–Crippen MR) is 80.9 cm³/mol. The summed E-state index contributed by atoms with van der Waals surface area (Å²) in [5.74, 6) is 2.05. The number of unbranched alkanes of at least 4 members (excludes halogenated alkanes) is 1.